The summed E-state index contributed by atoms with van der Waals surface area (Å²) in [6.07, 6.45) is 0. The molecule has 8 heteroatoms. The van der Waals surface area contributed by atoms with Crippen LogP contribution >= 0.6 is 11.5 Å². The van der Waals surface area contributed by atoms with Gasteiger partial charge in [0.25, 0.3) is 5.91 Å². The lowest BCUT2D eigenvalue weighted by Crippen LogP contribution is -2.34. The van der Waals surface area contributed by atoms with Gasteiger partial charge in [-0.25, -0.2) is 0 Å². The highest BCUT2D eigenvalue weighted by atomic mass is 32.1. The number of carbonyl (C=O) groups is 1. The van der Waals surface area contributed by atoms with Crippen molar-refractivity contribution in [3.63, 3.8) is 0 Å². The van der Waals surface area contributed by atoms with Crippen LogP contribution < -0.4 is 11.1 Å². The first-order chi connectivity index (χ1) is 7.15. The van der Waals surface area contributed by atoms with Crippen LogP contribution in [0.15, 0.2) is 10.5 Å². The normalized spacial score (nSPS) is 13.5. The second-order valence-electron chi connectivity index (χ2n) is 2.93. The Morgan fingerprint density at radius 2 is 2.60 bits per heavy atom. The lowest BCUT2D eigenvalue weighted by atomic mass is 10.1. The van der Waals surface area contributed by atoms with Gasteiger partial charge in [0.1, 0.15) is 5.84 Å². The van der Waals surface area contributed by atoms with Gasteiger partial charge in [0.2, 0.25) is 0 Å². The van der Waals surface area contributed by atoms with E-state index in [-0.39, 0.29) is 29.9 Å². The molecule has 15 heavy (non-hydrogen) atoms. The topological polar surface area (TPSA) is 113 Å². The lowest BCUT2D eigenvalue weighted by Gasteiger charge is -2.09. The quantitative estimate of drug-likeness (QED) is 0.282. The molecule has 0 aliphatic heterocycles. The van der Waals surface area contributed by atoms with Crippen LogP contribution in [0.5, 0.6) is 0 Å². The van der Waals surface area contributed by atoms with E-state index in [1.54, 1.807) is 12.3 Å². The van der Waals surface area contributed by atoms with E-state index in [1.165, 1.54) is 0 Å². The van der Waals surface area contributed by atoms with Crippen LogP contribution in [-0.4, -0.2) is 33.1 Å². The summed E-state index contributed by atoms with van der Waals surface area (Å²) in [6.45, 7) is 2.01. The minimum absolute atomic E-state index is 0.0757. The Labute approximate surface area is 90.1 Å². The molecule has 0 aliphatic rings. The minimum Gasteiger partial charge on any atom is -0.409 e. The van der Waals surface area contributed by atoms with E-state index in [9.17, 15) is 4.79 Å². The zero-order valence-electron chi connectivity index (χ0n) is 8.04. The molecule has 0 aliphatic carbocycles. The fourth-order valence-electron chi connectivity index (χ4n) is 0.803. The van der Waals surface area contributed by atoms with Crippen molar-refractivity contribution in [2.45, 2.75) is 6.92 Å². The van der Waals surface area contributed by atoms with Gasteiger partial charge >= 0.3 is 0 Å². The summed E-state index contributed by atoms with van der Waals surface area (Å²) in [6, 6.07) is 0. The number of nitrogens with zero attached hydrogens (tertiary/aromatic N) is 3. The number of amidine groups is 1. The summed E-state index contributed by atoms with van der Waals surface area (Å²) in [5.41, 5.74) is 5.61. The molecule has 0 saturated heterocycles. The summed E-state index contributed by atoms with van der Waals surface area (Å²) in [5, 5.41) is 19.0. The number of nitrogens with two attached hydrogens (primary N) is 1. The molecule has 7 nitrogen and oxygen atoms in total. The van der Waals surface area contributed by atoms with Crippen molar-refractivity contribution in [3.8, 4) is 0 Å². The first-order valence-corrected chi connectivity index (χ1v) is 5.01. The Morgan fingerprint density at radius 1 is 1.87 bits per heavy atom. The third kappa shape index (κ3) is 3.17. The van der Waals surface area contributed by atoms with Crippen LogP contribution in [0.1, 0.15) is 17.4 Å². The highest BCUT2D eigenvalue weighted by molar-refractivity contribution is 7.03. The van der Waals surface area contributed by atoms with Gasteiger partial charge in [-0.15, -0.1) is 5.10 Å². The average molecular weight is 229 g/mol. The zero-order valence-corrected chi connectivity index (χ0v) is 8.86. The highest BCUT2D eigenvalue weighted by Crippen LogP contribution is 1.98. The first kappa shape index (κ1) is 11.4. The summed E-state index contributed by atoms with van der Waals surface area (Å²) >= 11 is 1.10. The molecule has 0 saturated carbocycles. The van der Waals surface area contributed by atoms with Gasteiger partial charge in [0, 0.05) is 17.8 Å². The number of oxime groups is 1. The largest absolute Gasteiger partial charge is 0.409 e. The Bertz CT molecular complexity index is 350. The molecule has 82 valence electrons. The van der Waals surface area contributed by atoms with Gasteiger partial charge in [-0.3, -0.25) is 4.79 Å². The number of hydrogen-bond acceptors (Lipinski definition) is 6. The van der Waals surface area contributed by atoms with Crippen molar-refractivity contribution in [1.29, 1.82) is 0 Å². The van der Waals surface area contributed by atoms with Gasteiger partial charge in [-0.2, -0.15) is 0 Å². The van der Waals surface area contributed by atoms with Gasteiger partial charge in [-0.1, -0.05) is 16.6 Å². The second kappa shape index (κ2) is 5.25. The molecule has 0 bridgehead atoms. The fraction of sp³-hybridized carbons (Fsp3) is 0.429. The summed E-state index contributed by atoms with van der Waals surface area (Å²) in [7, 11) is 0. The van der Waals surface area contributed by atoms with E-state index in [0.29, 0.717) is 0 Å². The number of nitrogens with one attached hydrogen (secondary N) is 1. The van der Waals surface area contributed by atoms with E-state index < -0.39 is 0 Å². The van der Waals surface area contributed by atoms with Gasteiger partial charge in [-0.05, 0) is 11.5 Å². The Morgan fingerprint density at radius 3 is 3.13 bits per heavy atom. The number of carbonyl (C=O) groups excluding carboxylic acids is 1. The van der Waals surface area contributed by atoms with Crippen molar-refractivity contribution in [1.82, 2.24) is 14.9 Å². The van der Waals surface area contributed by atoms with Crippen molar-refractivity contribution < 1.29 is 10.0 Å². The molecule has 1 rings (SSSR count). The van der Waals surface area contributed by atoms with Crippen LogP contribution in [0.25, 0.3) is 0 Å². The van der Waals surface area contributed by atoms with Crippen molar-refractivity contribution in [2.24, 2.45) is 16.8 Å². The van der Waals surface area contributed by atoms with E-state index in [2.05, 4.69) is 20.1 Å². The van der Waals surface area contributed by atoms with Crippen LogP contribution in [0.2, 0.25) is 0 Å². The average Bonchev–Trinajstić information content (AvgIpc) is 2.77. The zero-order chi connectivity index (χ0) is 11.3. The molecule has 4 N–H and O–H groups in total. The lowest BCUT2D eigenvalue weighted by molar-refractivity contribution is 0.0946. The first-order valence-electron chi connectivity index (χ1n) is 4.17. The molecule has 1 unspecified atom stereocenters. The number of aromatic nitrogens is 2. The molecule has 0 fully saturated rings. The molecular weight excluding hydrogens is 218 g/mol. The maximum absolute atomic E-state index is 11.4. The number of rotatable bonds is 4. The van der Waals surface area contributed by atoms with E-state index in [0.717, 1.165) is 11.5 Å². The van der Waals surface area contributed by atoms with Crippen LogP contribution in [0, 0.1) is 5.92 Å². The standard InChI is InChI=1S/C7H11N5O2S/c1-4(6(8)11-14)2-9-7(13)5-3-15-12-10-5/h3-4,14H,2H2,1H3,(H2,8,11)(H,9,13). The smallest absolute Gasteiger partial charge is 0.272 e. The predicted molar refractivity (Wildman–Crippen MR) is 54.8 cm³/mol. The van der Waals surface area contributed by atoms with Gasteiger partial charge in [0.15, 0.2) is 5.69 Å². The maximum Gasteiger partial charge on any atom is 0.272 e. The molecule has 1 amide bonds. The monoisotopic (exact) mass is 229 g/mol. The number of hydrogen-bond donors (Lipinski definition) is 3. The molecule has 0 spiro atoms. The van der Waals surface area contributed by atoms with Crippen molar-refractivity contribution in [2.75, 3.05) is 6.54 Å². The Hall–Kier alpha value is -1.70. The van der Waals surface area contributed by atoms with E-state index in [1.807, 2.05) is 0 Å². The molecule has 1 atom stereocenters. The summed E-state index contributed by atoms with van der Waals surface area (Å²) in [4.78, 5) is 11.4. The van der Waals surface area contributed by atoms with Crippen LogP contribution in [-0.2, 0) is 0 Å². The third-order valence-electron chi connectivity index (χ3n) is 1.78. The summed E-state index contributed by atoms with van der Waals surface area (Å²) in [5.74, 6) is -0.474. The van der Waals surface area contributed by atoms with Crippen molar-refractivity contribution >= 4 is 23.3 Å². The molecule has 0 radical (unpaired) electrons. The SMILES string of the molecule is CC(CNC(=O)c1csnn1)C(N)=NO. The molecular formula is C7H11N5O2S. The van der Waals surface area contributed by atoms with E-state index >= 15 is 0 Å². The van der Waals surface area contributed by atoms with E-state index in [4.69, 9.17) is 10.9 Å². The highest BCUT2D eigenvalue weighted by Gasteiger charge is 2.12. The molecule has 1 aromatic rings. The summed E-state index contributed by atoms with van der Waals surface area (Å²) < 4.78 is 3.56. The van der Waals surface area contributed by atoms with Crippen LogP contribution in [0.4, 0.5) is 0 Å². The third-order valence-corrected chi connectivity index (χ3v) is 2.29. The maximum atomic E-state index is 11.4. The molecule has 1 heterocycles. The molecule has 1 aromatic heterocycles. The van der Waals surface area contributed by atoms with Crippen molar-refractivity contribution in [3.05, 3.63) is 11.1 Å². The van der Waals surface area contributed by atoms with Gasteiger partial charge in [0.05, 0.1) is 0 Å². The predicted octanol–water partition coefficient (Wildman–Crippen LogP) is -0.350. The number of amides is 1. The second-order valence-corrected chi connectivity index (χ2v) is 3.54. The van der Waals surface area contributed by atoms with Gasteiger partial charge < -0.3 is 16.3 Å². The Kier molecular flexibility index (Phi) is 3.98. The van der Waals surface area contributed by atoms with Crippen LogP contribution in [0.3, 0.4) is 0 Å². The molecule has 0 aromatic carbocycles. The minimum atomic E-state index is -0.318. The fourth-order valence-corrected chi connectivity index (χ4v) is 1.24. The Balaban J connectivity index is 2.41.